The second kappa shape index (κ2) is 5.66. The molecule has 0 amide bonds. The smallest absolute Gasteiger partial charge is 0.292 e. The summed E-state index contributed by atoms with van der Waals surface area (Å²) in [5.41, 5.74) is 0.637. The number of para-hydroxylation sites is 2. The summed E-state index contributed by atoms with van der Waals surface area (Å²) in [5.74, 6) is 2.52. The topological polar surface area (TPSA) is 55.2 Å². The van der Waals surface area contributed by atoms with E-state index in [0.29, 0.717) is 18.7 Å². The number of nitro groups is 1. The molecule has 1 rings (SSSR count). The lowest BCUT2D eigenvalue weighted by Crippen LogP contribution is -2.03. The molecule has 0 saturated carbocycles. The summed E-state index contributed by atoms with van der Waals surface area (Å²) in [6.45, 7) is 0.648. The molecule has 1 N–H and O–H groups in total. The number of nitrogens with one attached hydrogen (secondary N) is 1. The van der Waals surface area contributed by atoms with Crippen molar-refractivity contribution in [3.8, 4) is 12.3 Å². The van der Waals surface area contributed by atoms with E-state index in [0.717, 1.165) is 6.42 Å². The van der Waals surface area contributed by atoms with Crippen LogP contribution in [0.4, 0.5) is 11.4 Å². The average molecular weight is 204 g/mol. The Morgan fingerprint density at radius 1 is 1.47 bits per heavy atom. The Morgan fingerprint density at radius 2 is 2.20 bits per heavy atom. The van der Waals surface area contributed by atoms with Crippen LogP contribution in [-0.4, -0.2) is 11.5 Å². The van der Waals surface area contributed by atoms with E-state index in [1.54, 1.807) is 18.2 Å². The fraction of sp³-hybridized carbons (Fsp3) is 0.273. The fourth-order valence-corrected chi connectivity index (χ4v) is 1.20. The highest BCUT2D eigenvalue weighted by atomic mass is 16.6. The summed E-state index contributed by atoms with van der Waals surface area (Å²) in [6.07, 6.45) is 6.58. The Labute approximate surface area is 88.5 Å². The van der Waals surface area contributed by atoms with Gasteiger partial charge in [0, 0.05) is 19.0 Å². The zero-order valence-electron chi connectivity index (χ0n) is 8.27. The third-order valence-electron chi connectivity index (χ3n) is 1.91. The Hall–Kier alpha value is -2.02. The number of hydrogen-bond acceptors (Lipinski definition) is 3. The number of nitro benzene ring substituents is 1. The van der Waals surface area contributed by atoms with E-state index in [9.17, 15) is 10.1 Å². The van der Waals surface area contributed by atoms with E-state index in [-0.39, 0.29) is 5.69 Å². The van der Waals surface area contributed by atoms with Crippen LogP contribution in [0.2, 0.25) is 0 Å². The lowest BCUT2D eigenvalue weighted by Gasteiger charge is -2.05. The summed E-state index contributed by atoms with van der Waals surface area (Å²) in [7, 11) is 0. The van der Waals surface area contributed by atoms with Crippen molar-refractivity contribution < 1.29 is 4.92 Å². The maximum Gasteiger partial charge on any atom is 0.292 e. The Bertz CT molecular complexity index is 382. The highest BCUT2D eigenvalue weighted by Crippen LogP contribution is 2.22. The summed E-state index contributed by atoms with van der Waals surface area (Å²) in [6, 6.07) is 6.57. The lowest BCUT2D eigenvalue weighted by molar-refractivity contribution is -0.384. The van der Waals surface area contributed by atoms with Gasteiger partial charge in [0.2, 0.25) is 0 Å². The molecule has 0 heterocycles. The van der Waals surface area contributed by atoms with Crippen LogP contribution in [0.3, 0.4) is 0 Å². The van der Waals surface area contributed by atoms with Crippen molar-refractivity contribution in [3.05, 3.63) is 34.4 Å². The van der Waals surface area contributed by atoms with Crippen molar-refractivity contribution in [2.45, 2.75) is 12.8 Å². The normalized spacial score (nSPS) is 9.27. The second-order valence-electron chi connectivity index (χ2n) is 3.01. The molecule has 15 heavy (non-hydrogen) atoms. The van der Waals surface area contributed by atoms with Crippen LogP contribution in [0, 0.1) is 22.5 Å². The lowest BCUT2D eigenvalue weighted by atomic mass is 10.2. The fourth-order valence-electron chi connectivity index (χ4n) is 1.20. The molecule has 0 aliphatic carbocycles. The quantitative estimate of drug-likeness (QED) is 0.347. The van der Waals surface area contributed by atoms with Gasteiger partial charge in [0.25, 0.3) is 5.69 Å². The minimum atomic E-state index is -0.399. The maximum atomic E-state index is 10.6. The molecule has 0 spiro atoms. The SMILES string of the molecule is C#CCCCNc1ccccc1[N+](=O)[O-]. The van der Waals surface area contributed by atoms with Gasteiger partial charge >= 0.3 is 0 Å². The highest BCUT2D eigenvalue weighted by Gasteiger charge is 2.10. The monoisotopic (exact) mass is 204 g/mol. The molecule has 0 radical (unpaired) electrons. The van der Waals surface area contributed by atoms with Crippen molar-refractivity contribution >= 4 is 11.4 Å². The zero-order valence-corrected chi connectivity index (χ0v) is 8.27. The molecule has 0 unspecified atom stereocenters. The van der Waals surface area contributed by atoms with Crippen LogP contribution in [0.1, 0.15) is 12.8 Å². The van der Waals surface area contributed by atoms with E-state index in [4.69, 9.17) is 6.42 Å². The maximum absolute atomic E-state index is 10.6. The number of benzene rings is 1. The molecule has 0 aliphatic rings. The molecule has 4 heteroatoms. The van der Waals surface area contributed by atoms with Crippen molar-refractivity contribution in [1.82, 2.24) is 0 Å². The molecular weight excluding hydrogens is 192 g/mol. The van der Waals surface area contributed by atoms with Crippen molar-refractivity contribution in [1.29, 1.82) is 0 Å². The van der Waals surface area contributed by atoms with Crippen molar-refractivity contribution in [3.63, 3.8) is 0 Å². The van der Waals surface area contributed by atoms with Crippen LogP contribution in [0.5, 0.6) is 0 Å². The van der Waals surface area contributed by atoms with E-state index in [1.807, 2.05) is 0 Å². The standard InChI is InChI=1S/C11H12N2O2/c1-2-3-6-9-12-10-7-4-5-8-11(10)13(14)15/h1,4-5,7-8,12H,3,6,9H2. The van der Waals surface area contributed by atoms with Crippen LogP contribution >= 0.6 is 0 Å². The third-order valence-corrected chi connectivity index (χ3v) is 1.91. The second-order valence-corrected chi connectivity index (χ2v) is 3.01. The number of rotatable bonds is 5. The average Bonchev–Trinajstić information content (AvgIpc) is 2.25. The van der Waals surface area contributed by atoms with Gasteiger partial charge in [0.05, 0.1) is 4.92 Å². The van der Waals surface area contributed by atoms with E-state index >= 15 is 0 Å². The molecule has 0 fully saturated rings. The van der Waals surface area contributed by atoms with Gasteiger partial charge < -0.3 is 5.32 Å². The Kier molecular flexibility index (Phi) is 4.17. The van der Waals surface area contributed by atoms with E-state index < -0.39 is 4.92 Å². The molecule has 1 aromatic carbocycles. The van der Waals surface area contributed by atoms with E-state index in [1.165, 1.54) is 6.07 Å². The van der Waals surface area contributed by atoms with E-state index in [2.05, 4.69) is 11.2 Å². The van der Waals surface area contributed by atoms with Crippen LogP contribution in [0.15, 0.2) is 24.3 Å². The first-order chi connectivity index (χ1) is 7.25. The van der Waals surface area contributed by atoms with Gasteiger partial charge in [-0.05, 0) is 12.5 Å². The third kappa shape index (κ3) is 3.31. The Morgan fingerprint density at radius 3 is 2.87 bits per heavy atom. The highest BCUT2D eigenvalue weighted by molar-refractivity contribution is 5.60. The summed E-state index contributed by atoms with van der Waals surface area (Å²) >= 11 is 0. The first-order valence-electron chi connectivity index (χ1n) is 4.66. The first kappa shape index (κ1) is 11.1. The molecule has 0 atom stereocenters. The number of unbranched alkanes of at least 4 members (excludes halogenated alkanes) is 1. The first-order valence-corrected chi connectivity index (χ1v) is 4.66. The van der Waals surface area contributed by atoms with Crippen molar-refractivity contribution in [2.24, 2.45) is 0 Å². The van der Waals surface area contributed by atoms with Gasteiger partial charge in [-0.15, -0.1) is 12.3 Å². The molecule has 78 valence electrons. The van der Waals surface area contributed by atoms with Crippen LogP contribution in [-0.2, 0) is 0 Å². The molecule has 0 aliphatic heterocycles. The van der Waals surface area contributed by atoms with Gasteiger partial charge in [0.1, 0.15) is 5.69 Å². The summed E-state index contributed by atoms with van der Waals surface area (Å²) in [4.78, 5) is 10.2. The molecule has 0 aromatic heterocycles. The molecular formula is C11H12N2O2. The number of nitrogens with zero attached hydrogens (tertiary/aromatic N) is 1. The van der Waals surface area contributed by atoms with Gasteiger partial charge in [-0.1, -0.05) is 12.1 Å². The predicted octanol–water partition coefficient (Wildman–Crippen LogP) is 2.42. The van der Waals surface area contributed by atoms with Gasteiger partial charge in [-0.25, -0.2) is 0 Å². The minimum Gasteiger partial charge on any atom is -0.379 e. The van der Waals surface area contributed by atoms with Crippen LogP contribution < -0.4 is 5.32 Å². The van der Waals surface area contributed by atoms with Gasteiger partial charge in [-0.3, -0.25) is 10.1 Å². The van der Waals surface area contributed by atoms with Crippen LogP contribution in [0.25, 0.3) is 0 Å². The molecule has 4 nitrogen and oxygen atoms in total. The van der Waals surface area contributed by atoms with Gasteiger partial charge in [0.15, 0.2) is 0 Å². The number of hydrogen-bond donors (Lipinski definition) is 1. The minimum absolute atomic E-state index is 0.0956. The molecule has 1 aromatic rings. The zero-order chi connectivity index (χ0) is 11.1. The summed E-state index contributed by atoms with van der Waals surface area (Å²) in [5, 5.41) is 13.6. The van der Waals surface area contributed by atoms with Gasteiger partial charge in [-0.2, -0.15) is 0 Å². The predicted molar refractivity (Wildman–Crippen MR) is 59.7 cm³/mol. The Balaban J connectivity index is 2.60. The number of terminal acetylenes is 1. The largest absolute Gasteiger partial charge is 0.379 e. The molecule has 0 bridgehead atoms. The number of anilines is 1. The van der Waals surface area contributed by atoms with Crippen molar-refractivity contribution in [2.75, 3.05) is 11.9 Å². The molecule has 0 saturated heterocycles. The summed E-state index contributed by atoms with van der Waals surface area (Å²) < 4.78 is 0.